The van der Waals surface area contributed by atoms with Crippen molar-refractivity contribution in [1.82, 2.24) is 19.7 Å². The third kappa shape index (κ3) is 4.54. The van der Waals surface area contributed by atoms with Gasteiger partial charge in [-0.15, -0.1) is 0 Å². The number of fused-ring (bicyclic) bond motifs is 1. The molecule has 2 aromatic carbocycles. The normalized spacial score (nSPS) is 11.2. The van der Waals surface area contributed by atoms with Gasteiger partial charge in [-0.05, 0) is 36.2 Å². The average Bonchev–Trinajstić information content (AvgIpc) is 3.16. The van der Waals surface area contributed by atoms with E-state index in [1.807, 2.05) is 31.2 Å². The van der Waals surface area contributed by atoms with Gasteiger partial charge < -0.3 is 15.6 Å². The Labute approximate surface area is 210 Å². The summed E-state index contributed by atoms with van der Waals surface area (Å²) in [5.41, 5.74) is 8.08. The first-order valence-electron chi connectivity index (χ1n) is 10.4. The van der Waals surface area contributed by atoms with Crippen LogP contribution in [0.15, 0.2) is 41.2 Å². The Kier molecular flexibility index (Phi) is 6.95. The molecule has 4 rings (SSSR count). The fraction of sp³-hybridized carbons (Fsp3) is 0.217. The summed E-state index contributed by atoms with van der Waals surface area (Å²) < 4.78 is 1.49. The summed E-state index contributed by atoms with van der Waals surface area (Å²) in [7, 11) is 1.66. The van der Waals surface area contributed by atoms with Crippen LogP contribution in [0, 0.1) is 0 Å². The molecule has 3 N–H and O–H groups in total. The van der Waals surface area contributed by atoms with Crippen LogP contribution in [0.2, 0.25) is 15.1 Å². The number of H-pyrrole nitrogens is 1. The van der Waals surface area contributed by atoms with Crippen LogP contribution < -0.4 is 16.2 Å². The number of nitrogens with one attached hydrogen (secondary N) is 1. The molecule has 0 bridgehead atoms. The van der Waals surface area contributed by atoms with E-state index in [2.05, 4.69) is 10.1 Å². The van der Waals surface area contributed by atoms with Gasteiger partial charge in [0.2, 0.25) is 5.91 Å². The van der Waals surface area contributed by atoms with Crippen molar-refractivity contribution < 1.29 is 4.79 Å². The van der Waals surface area contributed by atoms with Crippen LogP contribution >= 0.6 is 34.8 Å². The molecule has 0 fully saturated rings. The number of benzene rings is 2. The van der Waals surface area contributed by atoms with Gasteiger partial charge in [0.05, 0.1) is 22.3 Å². The summed E-state index contributed by atoms with van der Waals surface area (Å²) in [6.07, 6.45) is 0.877. The lowest BCUT2D eigenvalue weighted by Gasteiger charge is -2.16. The van der Waals surface area contributed by atoms with Crippen LogP contribution in [0.1, 0.15) is 24.0 Å². The van der Waals surface area contributed by atoms with E-state index in [0.29, 0.717) is 61.8 Å². The average molecular weight is 520 g/mol. The van der Waals surface area contributed by atoms with E-state index in [1.54, 1.807) is 19.2 Å². The zero-order valence-electron chi connectivity index (χ0n) is 18.4. The van der Waals surface area contributed by atoms with Crippen LogP contribution in [0.25, 0.3) is 16.7 Å². The second kappa shape index (κ2) is 9.76. The van der Waals surface area contributed by atoms with Crippen LogP contribution in [0.5, 0.6) is 0 Å². The quantitative estimate of drug-likeness (QED) is 0.398. The number of likely N-dealkylation sites (N-methyl/N-ethyl adjacent to an activating group) is 1. The number of anilines is 1. The van der Waals surface area contributed by atoms with E-state index in [1.165, 1.54) is 9.58 Å². The molecule has 11 heteroatoms. The number of hydrogen-bond acceptors (Lipinski definition) is 5. The van der Waals surface area contributed by atoms with Gasteiger partial charge in [0, 0.05) is 24.2 Å². The molecule has 2 aromatic heterocycles. The van der Waals surface area contributed by atoms with E-state index in [-0.39, 0.29) is 18.0 Å². The number of halogens is 3. The molecule has 0 aliphatic rings. The van der Waals surface area contributed by atoms with Crippen molar-refractivity contribution in [3.8, 4) is 5.69 Å². The van der Waals surface area contributed by atoms with Crippen molar-refractivity contribution in [2.24, 2.45) is 5.73 Å². The van der Waals surface area contributed by atoms with Crippen molar-refractivity contribution in [3.63, 3.8) is 0 Å². The summed E-state index contributed by atoms with van der Waals surface area (Å²) in [5.74, 6) is 0.255. The van der Waals surface area contributed by atoms with E-state index in [4.69, 9.17) is 45.5 Å². The van der Waals surface area contributed by atoms with Gasteiger partial charge >= 0.3 is 0 Å². The lowest BCUT2D eigenvalue weighted by atomic mass is 10.1. The number of amides is 1. The number of nitrogens with zero attached hydrogens (tertiary/aromatic N) is 4. The summed E-state index contributed by atoms with van der Waals surface area (Å²) in [5, 5.41) is 5.92. The molecule has 0 saturated heterocycles. The molecule has 8 nitrogen and oxygen atoms in total. The molecule has 0 spiro atoms. The molecule has 176 valence electrons. The van der Waals surface area contributed by atoms with E-state index in [9.17, 15) is 9.59 Å². The van der Waals surface area contributed by atoms with Gasteiger partial charge in [-0.25, -0.2) is 9.67 Å². The molecule has 4 aromatic rings. The number of aryl methyl sites for hydroxylation is 1. The van der Waals surface area contributed by atoms with Crippen molar-refractivity contribution >= 4 is 57.4 Å². The molecule has 34 heavy (non-hydrogen) atoms. The SMILES string of the molecule is CCc1nn(-c2c(Cl)cc(Cl)cc2Cl)c2nc(Cc3ccc(N(C)C(=O)CN)cc3)[nH]c(=O)c12. The number of hydrogen-bond donors (Lipinski definition) is 2. The number of aromatic amines is 1. The number of carbonyl (C=O) groups is 1. The minimum absolute atomic E-state index is 0.0709. The first kappa shape index (κ1) is 24.2. The second-order valence-corrected chi connectivity index (χ2v) is 8.89. The Morgan fingerprint density at radius 3 is 2.38 bits per heavy atom. The molecule has 0 atom stereocenters. The summed E-state index contributed by atoms with van der Waals surface area (Å²) in [6, 6.07) is 10.5. The second-order valence-electron chi connectivity index (χ2n) is 7.64. The highest BCUT2D eigenvalue weighted by Crippen LogP contribution is 2.33. The minimum atomic E-state index is -0.297. The lowest BCUT2D eigenvalue weighted by Crippen LogP contribution is -2.32. The van der Waals surface area contributed by atoms with Gasteiger partial charge in [-0.1, -0.05) is 53.9 Å². The maximum atomic E-state index is 13.0. The number of nitrogens with two attached hydrogens (primary N) is 1. The molecule has 0 aliphatic carbocycles. The Morgan fingerprint density at radius 2 is 1.79 bits per heavy atom. The molecule has 0 unspecified atom stereocenters. The predicted octanol–water partition coefficient (Wildman–Crippen LogP) is 4.14. The first-order chi connectivity index (χ1) is 16.2. The van der Waals surface area contributed by atoms with Gasteiger partial charge in [0.25, 0.3) is 5.56 Å². The maximum Gasteiger partial charge on any atom is 0.262 e. The van der Waals surface area contributed by atoms with Gasteiger partial charge in [-0.2, -0.15) is 5.10 Å². The molecular formula is C23H21Cl3N6O2. The molecule has 1 amide bonds. The molecule has 2 heterocycles. The smallest absolute Gasteiger partial charge is 0.262 e. The lowest BCUT2D eigenvalue weighted by molar-refractivity contribution is -0.117. The zero-order valence-corrected chi connectivity index (χ0v) is 20.7. The standard InChI is InChI=1S/C23H21Cl3N6O2/c1-3-17-20-22(32(30-17)21-15(25)9-13(24)10-16(21)26)28-18(29-23(20)34)8-12-4-6-14(7-5-12)31(2)19(33)11-27/h4-7,9-10H,3,8,11,27H2,1-2H3,(H,28,29,34). The van der Waals surface area contributed by atoms with Crippen molar-refractivity contribution in [3.05, 3.63) is 78.9 Å². The summed E-state index contributed by atoms with van der Waals surface area (Å²) in [6.45, 7) is 1.83. The van der Waals surface area contributed by atoms with E-state index < -0.39 is 0 Å². The van der Waals surface area contributed by atoms with Crippen LogP contribution in [0.3, 0.4) is 0 Å². The number of rotatable bonds is 6. The third-order valence-corrected chi connectivity index (χ3v) is 6.23. The predicted molar refractivity (Wildman–Crippen MR) is 136 cm³/mol. The number of aromatic nitrogens is 4. The fourth-order valence-corrected chi connectivity index (χ4v) is 4.65. The highest BCUT2D eigenvalue weighted by molar-refractivity contribution is 6.40. The summed E-state index contributed by atoms with van der Waals surface area (Å²) >= 11 is 18.9. The molecular weight excluding hydrogens is 499 g/mol. The fourth-order valence-electron chi connectivity index (χ4n) is 3.67. The Bertz CT molecular complexity index is 1420. The molecule has 0 radical (unpaired) electrons. The largest absolute Gasteiger partial charge is 0.322 e. The first-order valence-corrected chi connectivity index (χ1v) is 11.6. The maximum absolute atomic E-state index is 13.0. The van der Waals surface area contributed by atoms with Crippen LogP contribution in [-0.2, 0) is 17.6 Å². The highest BCUT2D eigenvalue weighted by atomic mass is 35.5. The van der Waals surface area contributed by atoms with Crippen molar-refractivity contribution in [1.29, 1.82) is 0 Å². The summed E-state index contributed by atoms with van der Waals surface area (Å²) in [4.78, 5) is 33.8. The minimum Gasteiger partial charge on any atom is -0.322 e. The highest BCUT2D eigenvalue weighted by Gasteiger charge is 2.21. The van der Waals surface area contributed by atoms with Gasteiger partial charge in [-0.3, -0.25) is 9.59 Å². The Morgan fingerprint density at radius 1 is 1.15 bits per heavy atom. The Balaban J connectivity index is 1.77. The topological polar surface area (TPSA) is 110 Å². The van der Waals surface area contributed by atoms with Gasteiger partial charge in [0.1, 0.15) is 16.9 Å². The Hall–Kier alpha value is -2.91. The third-order valence-electron chi connectivity index (χ3n) is 5.43. The number of carbonyl (C=O) groups excluding carboxylic acids is 1. The van der Waals surface area contributed by atoms with Crippen LogP contribution in [0.4, 0.5) is 5.69 Å². The van der Waals surface area contributed by atoms with E-state index >= 15 is 0 Å². The van der Waals surface area contributed by atoms with E-state index in [0.717, 1.165) is 5.56 Å². The molecule has 0 saturated carbocycles. The zero-order chi connectivity index (χ0) is 24.6. The van der Waals surface area contributed by atoms with Crippen molar-refractivity contribution in [2.75, 3.05) is 18.5 Å². The van der Waals surface area contributed by atoms with Crippen molar-refractivity contribution in [2.45, 2.75) is 19.8 Å². The van der Waals surface area contributed by atoms with Gasteiger partial charge in [0.15, 0.2) is 5.65 Å². The monoisotopic (exact) mass is 518 g/mol. The molecule has 0 aliphatic heterocycles. The van der Waals surface area contributed by atoms with Crippen LogP contribution in [-0.4, -0.2) is 39.2 Å².